The molecule has 2 fully saturated rings. The Balaban J connectivity index is 1.63. The quantitative estimate of drug-likeness (QED) is 0.283. The molecular formula is C19H25NO10. The molecule has 0 radical (unpaired) electrons. The number of aliphatic hydroxyl groups excluding tert-OH is 6. The zero-order valence-corrected chi connectivity index (χ0v) is 15.8. The average molecular weight is 427 g/mol. The van der Waals surface area contributed by atoms with E-state index in [1.165, 1.54) is 0 Å². The van der Waals surface area contributed by atoms with Crippen molar-refractivity contribution in [3.63, 3.8) is 0 Å². The number of nitrogens with zero attached hydrogens (tertiary/aromatic N) is 1. The number of hydrogen-bond donors (Lipinski definition) is 6. The van der Waals surface area contributed by atoms with Crippen LogP contribution < -0.4 is 0 Å². The van der Waals surface area contributed by atoms with Crippen molar-refractivity contribution in [2.45, 2.75) is 61.4 Å². The van der Waals surface area contributed by atoms with Crippen LogP contribution in [0.1, 0.15) is 11.7 Å². The molecule has 166 valence electrons. The summed E-state index contributed by atoms with van der Waals surface area (Å²) in [6.45, 7) is -0.678. The summed E-state index contributed by atoms with van der Waals surface area (Å²) in [7, 11) is 0. The lowest BCUT2D eigenvalue weighted by Gasteiger charge is -2.41. The van der Waals surface area contributed by atoms with Crippen molar-refractivity contribution in [1.29, 1.82) is 5.26 Å². The van der Waals surface area contributed by atoms with E-state index in [1.54, 1.807) is 30.3 Å². The minimum absolute atomic E-state index is 0.273. The SMILES string of the molecule is N#C[C@@H](O[C@@H]1O[C@H](CO[C@@H]2OC[C@@H](O)[C@H](O)[C@H]2O)[C@@H](O)[C@H](O)[C@H]1O)c1ccccc1. The van der Waals surface area contributed by atoms with E-state index in [0.29, 0.717) is 5.56 Å². The molecule has 0 amide bonds. The number of hydrogen-bond acceptors (Lipinski definition) is 11. The molecule has 1 aromatic carbocycles. The Morgan fingerprint density at radius 1 is 0.933 bits per heavy atom. The van der Waals surface area contributed by atoms with Crippen molar-refractivity contribution in [3.8, 4) is 6.07 Å². The van der Waals surface area contributed by atoms with Gasteiger partial charge in [0.2, 0.25) is 0 Å². The summed E-state index contributed by atoms with van der Waals surface area (Å²) in [6.07, 6.45) is -14.2. The molecule has 3 rings (SSSR count). The minimum atomic E-state index is -1.66. The van der Waals surface area contributed by atoms with Gasteiger partial charge in [0.15, 0.2) is 18.7 Å². The van der Waals surface area contributed by atoms with Gasteiger partial charge in [-0.15, -0.1) is 0 Å². The number of rotatable bonds is 6. The molecule has 11 nitrogen and oxygen atoms in total. The van der Waals surface area contributed by atoms with Gasteiger partial charge in [0.1, 0.15) is 42.7 Å². The molecule has 11 heteroatoms. The van der Waals surface area contributed by atoms with E-state index >= 15 is 0 Å². The number of ether oxygens (including phenoxy) is 4. The van der Waals surface area contributed by atoms with Crippen molar-refractivity contribution in [3.05, 3.63) is 35.9 Å². The predicted molar refractivity (Wildman–Crippen MR) is 96.3 cm³/mol. The third kappa shape index (κ3) is 4.96. The molecule has 6 N–H and O–H groups in total. The Labute approximate surface area is 172 Å². The summed E-state index contributed by atoms with van der Waals surface area (Å²) < 4.78 is 21.5. The second-order valence-corrected chi connectivity index (χ2v) is 7.15. The van der Waals surface area contributed by atoms with E-state index < -0.39 is 68.0 Å². The van der Waals surface area contributed by atoms with E-state index in [9.17, 15) is 35.9 Å². The zero-order valence-electron chi connectivity index (χ0n) is 15.8. The molecule has 0 saturated carbocycles. The van der Waals surface area contributed by atoms with Crippen molar-refractivity contribution >= 4 is 0 Å². The summed E-state index contributed by atoms with van der Waals surface area (Å²) in [5.74, 6) is 0. The summed E-state index contributed by atoms with van der Waals surface area (Å²) in [6, 6.07) is 10.4. The van der Waals surface area contributed by atoms with Crippen LogP contribution in [-0.4, -0.2) is 99.2 Å². The van der Waals surface area contributed by atoms with Crippen LogP contribution in [0.3, 0.4) is 0 Å². The van der Waals surface area contributed by atoms with Crippen molar-refractivity contribution in [2.75, 3.05) is 13.2 Å². The van der Waals surface area contributed by atoms with Crippen LogP contribution in [0.4, 0.5) is 0 Å². The number of aliphatic hydroxyl groups is 6. The monoisotopic (exact) mass is 427 g/mol. The molecule has 2 aliphatic rings. The Kier molecular flexibility index (Phi) is 7.72. The highest BCUT2D eigenvalue weighted by molar-refractivity contribution is 5.22. The molecule has 10 atom stereocenters. The highest BCUT2D eigenvalue weighted by Crippen LogP contribution is 2.28. The molecule has 0 aromatic heterocycles. The summed E-state index contributed by atoms with van der Waals surface area (Å²) >= 11 is 0. The second kappa shape index (κ2) is 10.1. The topological polar surface area (TPSA) is 182 Å². The molecule has 0 unspecified atom stereocenters. The van der Waals surface area contributed by atoms with Crippen LogP contribution in [0.25, 0.3) is 0 Å². The molecule has 1 aromatic rings. The first kappa shape index (κ1) is 23.0. The van der Waals surface area contributed by atoms with Gasteiger partial charge < -0.3 is 49.6 Å². The van der Waals surface area contributed by atoms with Gasteiger partial charge in [-0.05, 0) is 5.56 Å². The van der Waals surface area contributed by atoms with E-state index in [1.807, 2.05) is 6.07 Å². The molecular weight excluding hydrogens is 402 g/mol. The first-order chi connectivity index (χ1) is 14.3. The normalized spacial score (nSPS) is 40.5. The third-order valence-electron chi connectivity index (χ3n) is 5.04. The van der Waals surface area contributed by atoms with Crippen molar-refractivity contribution in [1.82, 2.24) is 0 Å². The van der Waals surface area contributed by atoms with Crippen LogP contribution in [-0.2, 0) is 18.9 Å². The lowest BCUT2D eigenvalue weighted by Crippen LogP contribution is -2.60. The van der Waals surface area contributed by atoms with Gasteiger partial charge in [-0.25, -0.2) is 0 Å². The van der Waals surface area contributed by atoms with Crippen LogP contribution in [0.2, 0.25) is 0 Å². The van der Waals surface area contributed by atoms with E-state index in [0.717, 1.165) is 0 Å². The maximum absolute atomic E-state index is 10.2. The highest BCUT2D eigenvalue weighted by atomic mass is 16.7. The average Bonchev–Trinajstić information content (AvgIpc) is 2.76. The molecule has 0 bridgehead atoms. The fourth-order valence-electron chi connectivity index (χ4n) is 3.23. The summed E-state index contributed by atoms with van der Waals surface area (Å²) in [4.78, 5) is 0. The van der Waals surface area contributed by atoms with Gasteiger partial charge in [-0.3, -0.25) is 0 Å². The van der Waals surface area contributed by atoms with Gasteiger partial charge in [0.25, 0.3) is 0 Å². The maximum atomic E-state index is 10.2. The van der Waals surface area contributed by atoms with Gasteiger partial charge in [-0.2, -0.15) is 5.26 Å². The molecule has 2 aliphatic heterocycles. The van der Waals surface area contributed by atoms with Gasteiger partial charge in [-0.1, -0.05) is 30.3 Å². The van der Waals surface area contributed by atoms with Crippen LogP contribution in [0.5, 0.6) is 0 Å². The molecule has 0 spiro atoms. The van der Waals surface area contributed by atoms with Crippen LogP contribution in [0, 0.1) is 11.3 Å². The van der Waals surface area contributed by atoms with E-state index in [-0.39, 0.29) is 6.61 Å². The Morgan fingerprint density at radius 3 is 2.27 bits per heavy atom. The van der Waals surface area contributed by atoms with E-state index in [2.05, 4.69) is 0 Å². The summed E-state index contributed by atoms with van der Waals surface area (Å²) in [5.41, 5.74) is 0.510. The zero-order chi connectivity index (χ0) is 21.8. The largest absolute Gasteiger partial charge is 0.388 e. The lowest BCUT2D eigenvalue weighted by molar-refractivity contribution is -0.325. The molecule has 0 aliphatic carbocycles. The lowest BCUT2D eigenvalue weighted by atomic mass is 9.99. The first-order valence-electron chi connectivity index (χ1n) is 9.40. The van der Waals surface area contributed by atoms with Crippen LogP contribution in [0.15, 0.2) is 30.3 Å². The minimum Gasteiger partial charge on any atom is -0.388 e. The fraction of sp³-hybridized carbons (Fsp3) is 0.632. The summed E-state index contributed by atoms with van der Waals surface area (Å²) in [5, 5.41) is 69.0. The molecule has 30 heavy (non-hydrogen) atoms. The van der Waals surface area contributed by atoms with Gasteiger partial charge >= 0.3 is 0 Å². The predicted octanol–water partition coefficient (Wildman–Crippen LogP) is -2.47. The third-order valence-corrected chi connectivity index (χ3v) is 5.04. The Bertz CT molecular complexity index is 715. The smallest absolute Gasteiger partial charge is 0.188 e. The second-order valence-electron chi connectivity index (χ2n) is 7.15. The van der Waals surface area contributed by atoms with Crippen LogP contribution >= 0.6 is 0 Å². The van der Waals surface area contributed by atoms with E-state index in [4.69, 9.17) is 18.9 Å². The Morgan fingerprint density at radius 2 is 1.60 bits per heavy atom. The first-order valence-corrected chi connectivity index (χ1v) is 9.40. The van der Waals surface area contributed by atoms with Gasteiger partial charge in [0, 0.05) is 0 Å². The van der Waals surface area contributed by atoms with Gasteiger partial charge in [0.05, 0.1) is 19.3 Å². The highest BCUT2D eigenvalue weighted by Gasteiger charge is 2.46. The number of benzene rings is 1. The fourth-order valence-corrected chi connectivity index (χ4v) is 3.23. The molecule has 2 saturated heterocycles. The van der Waals surface area contributed by atoms with Crippen molar-refractivity contribution in [2.24, 2.45) is 0 Å². The molecule has 2 heterocycles. The standard InChI is InChI=1S/C19H25NO10/c20-6-11(9-4-2-1-3-5-9)29-19-17(26)15(24)14(23)12(30-19)8-28-18-16(25)13(22)10(21)7-27-18/h1-5,10-19,21-26H,7-8H2/t10-,11-,12-,13+,14-,15+,16-,17-,18+,19-/m1/s1. The Hall–Kier alpha value is -1.69. The van der Waals surface area contributed by atoms with Crippen molar-refractivity contribution < 1.29 is 49.6 Å². The number of nitriles is 1. The maximum Gasteiger partial charge on any atom is 0.188 e.